The Morgan fingerprint density at radius 1 is 1.75 bits per heavy atom. The van der Waals surface area contributed by atoms with Gasteiger partial charge in [0.25, 0.3) is 0 Å². The molecule has 0 N–H and O–H groups in total. The van der Waals surface area contributed by atoms with Gasteiger partial charge in [0.15, 0.2) is 5.78 Å². The number of carbonyl (C=O) groups excluding carboxylic acids is 1. The minimum atomic E-state index is 0.238. The molecule has 1 aliphatic carbocycles. The highest BCUT2D eigenvalue weighted by Gasteiger charge is 2.24. The number of rotatable bonds is 3. The van der Waals surface area contributed by atoms with Crippen LogP contribution in [0, 0.1) is 5.41 Å². The highest BCUT2D eigenvalue weighted by atomic mass is 16.1. The van der Waals surface area contributed by atoms with Crippen molar-refractivity contribution in [2.45, 2.75) is 32.6 Å². The summed E-state index contributed by atoms with van der Waals surface area (Å²) in [6.45, 7) is 5.91. The average Bonchev–Trinajstić information content (AvgIpc) is 2.08. The molecule has 0 unspecified atom stereocenters. The highest BCUT2D eigenvalue weighted by molar-refractivity contribution is 5.90. The van der Waals surface area contributed by atoms with E-state index in [2.05, 4.69) is 19.6 Å². The number of hydrogen-bond acceptors (Lipinski definition) is 1. The van der Waals surface area contributed by atoms with Gasteiger partial charge in [-0.2, -0.15) is 0 Å². The van der Waals surface area contributed by atoms with E-state index in [1.54, 1.807) is 6.08 Å². The number of hydrogen-bond donors (Lipinski definition) is 0. The van der Waals surface area contributed by atoms with Gasteiger partial charge in [0, 0.05) is 6.42 Å². The molecule has 1 rings (SSSR count). The minimum Gasteiger partial charge on any atom is -0.295 e. The topological polar surface area (TPSA) is 17.1 Å². The molecule has 0 fully saturated rings. The first-order valence-corrected chi connectivity index (χ1v) is 4.49. The van der Waals surface area contributed by atoms with Gasteiger partial charge in [-0.1, -0.05) is 19.1 Å². The molecule has 0 aromatic carbocycles. The summed E-state index contributed by atoms with van der Waals surface area (Å²) in [5, 5.41) is 0. The molecule has 0 aromatic heterocycles. The molecule has 1 aliphatic rings. The van der Waals surface area contributed by atoms with Crippen molar-refractivity contribution < 1.29 is 4.79 Å². The van der Waals surface area contributed by atoms with E-state index in [1.807, 2.05) is 6.08 Å². The summed E-state index contributed by atoms with van der Waals surface area (Å²) in [5.74, 6) is 0.270. The van der Waals surface area contributed by atoms with Crippen molar-refractivity contribution in [3.63, 3.8) is 0 Å². The molecule has 0 bridgehead atoms. The molecule has 0 saturated heterocycles. The van der Waals surface area contributed by atoms with Crippen LogP contribution in [-0.4, -0.2) is 5.78 Å². The van der Waals surface area contributed by atoms with Gasteiger partial charge in [-0.3, -0.25) is 4.79 Å². The van der Waals surface area contributed by atoms with Crippen molar-refractivity contribution in [2.24, 2.45) is 5.41 Å². The van der Waals surface area contributed by atoms with Crippen LogP contribution in [0.2, 0.25) is 0 Å². The summed E-state index contributed by atoms with van der Waals surface area (Å²) in [5.41, 5.74) is 0.238. The Balaban J connectivity index is 2.54. The molecule has 0 radical (unpaired) electrons. The van der Waals surface area contributed by atoms with Crippen LogP contribution in [0.4, 0.5) is 0 Å². The van der Waals surface area contributed by atoms with Crippen molar-refractivity contribution in [3.05, 3.63) is 24.8 Å². The smallest absolute Gasteiger partial charge is 0.155 e. The van der Waals surface area contributed by atoms with Crippen LogP contribution >= 0.6 is 0 Å². The lowest BCUT2D eigenvalue weighted by molar-refractivity contribution is -0.115. The van der Waals surface area contributed by atoms with Crippen LogP contribution in [0.3, 0.4) is 0 Å². The summed E-state index contributed by atoms with van der Waals surface area (Å²) in [6.07, 6.45) is 9.58. The summed E-state index contributed by atoms with van der Waals surface area (Å²) < 4.78 is 0. The SMILES string of the molecule is C=CCC[C@@]1(C)C=CC(=O)CC1. The molecule has 0 heterocycles. The van der Waals surface area contributed by atoms with Crippen molar-refractivity contribution in [1.29, 1.82) is 0 Å². The van der Waals surface area contributed by atoms with Crippen molar-refractivity contribution in [1.82, 2.24) is 0 Å². The van der Waals surface area contributed by atoms with E-state index in [0.717, 1.165) is 19.3 Å². The fourth-order valence-corrected chi connectivity index (χ4v) is 1.51. The first-order chi connectivity index (χ1) is 5.66. The van der Waals surface area contributed by atoms with E-state index in [0.29, 0.717) is 6.42 Å². The van der Waals surface area contributed by atoms with Crippen molar-refractivity contribution in [2.75, 3.05) is 0 Å². The normalized spacial score (nSPS) is 28.9. The Hall–Kier alpha value is -0.850. The molecular formula is C11H16O. The van der Waals surface area contributed by atoms with E-state index in [9.17, 15) is 4.79 Å². The minimum absolute atomic E-state index is 0.238. The highest BCUT2D eigenvalue weighted by Crippen LogP contribution is 2.33. The second-order valence-corrected chi connectivity index (χ2v) is 3.78. The van der Waals surface area contributed by atoms with Gasteiger partial charge in [0.2, 0.25) is 0 Å². The maximum absolute atomic E-state index is 10.9. The number of carbonyl (C=O) groups is 1. The average molecular weight is 164 g/mol. The Labute approximate surface area is 74.2 Å². The molecule has 1 atom stereocenters. The van der Waals surface area contributed by atoms with Crippen LogP contribution in [0.15, 0.2) is 24.8 Å². The third-order valence-electron chi connectivity index (χ3n) is 2.53. The second-order valence-electron chi connectivity index (χ2n) is 3.78. The molecule has 0 amide bonds. The summed E-state index contributed by atoms with van der Waals surface area (Å²) >= 11 is 0. The lowest BCUT2D eigenvalue weighted by Crippen LogP contribution is -2.18. The molecule has 66 valence electrons. The molecular weight excluding hydrogens is 148 g/mol. The van der Waals surface area contributed by atoms with E-state index < -0.39 is 0 Å². The van der Waals surface area contributed by atoms with E-state index >= 15 is 0 Å². The zero-order chi connectivity index (χ0) is 9.03. The summed E-state index contributed by atoms with van der Waals surface area (Å²) in [7, 11) is 0. The molecule has 0 spiro atoms. The largest absolute Gasteiger partial charge is 0.295 e. The lowest BCUT2D eigenvalue weighted by atomic mass is 9.77. The second kappa shape index (κ2) is 3.70. The Morgan fingerprint density at radius 3 is 3.00 bits per heavy atom. The first kappa shape index (κ1) is 9.24. The predicted octanol–water partition coefficient (Wildman–Crippen LogP) is 2.88. The molecule has 0 saturated carbocycles. The standard InChI is InChI=1S/C11H16O/c1-3-4-7-11(2)8-5-10(12)6-9-11/h3,5,8H,1,4,6-7,9H2,2H3/t11-/m0/s1. The maximum Gasteiger partial charge on any atom is 0.155 e. The van der Waals surface area contributed by atoms with Gasteiger partial charge in [-0.15, -0.1) is 6.58 Å². The fourth-order valence-electron chi connectivity index (χ4n) is 1.51. The summed E-state index contributed by atoms with van der Waals surface area (Å²) in [6, 6.07) is 0. The van der Waals surface area contributed by atoms with Crippen LogP contribution in [0.5, 0.6) is 0 Å². The van der Waals surface area contributed by atoms with Gasteiger partial charge < -0.3 is 0 Å². The van der Waals surface area contributed by atoms with Gasteiger partial charge in [0.05, 0.1) is 0 Å². The van der Waals surface area contributed by atoms with Crippen LogP contribution in [-0.2, 0) is 4.79 Å². The zero-order valence-electron chi connectivity index (χ0n) is 7.68. The van der Waals surface area contributed by atoms with Crippen LogP contribution in [0.25, 0.3) is 0 Å². The monoisotopic (exact) mass is 164 g/mol. The molecule has 1 nitrogen and oxygen atoms in total. The van der Waals surface area contributed by atoms with E-state index in [4.69, 9.17) is 0 Å². The third-order valence-corrected chi connectivity index (χ3v) is 2.53. The van der Waals surface area contributed by atoms with Gasteiger partial charge >= 0.3 is 0 Å². The van der Waals surface area contributed by atoms with Crippen LogP contribution in [0.1, 0.15) is 32.6 Å². The quantitative estimate of drug-likeness (QED) is 0.586. The fraction of sp³-hybridized carbons (Fsp3) is 0.545. The molecule has 12 heavy (non-hydrogen) atoms. The van der Waals surface area contributed by atoms with E-state index in [1.165, 1.54) is 0 Å². The molecule has 1 heteroatoms. The van der Waals surface area contributed by atoms with Crippen molar-refractivity contribution in [3.8, 4) is 0 Å². The van der Waals surface area contributed by atoms with Gasteiger partial charge in [-0.05, 0) is 30.8 Å². The maximum atomic E-state index is 10.9. The number of ketones is 1. The number of allylic oxidation sites excluding steroid dienone is 3. The molecule has 0 aliphatic heterocycles. The zero-order valence-corrected chi connectivity index (χ0v) is 7.68. The van der Waals surface area contributed by atoms with Crippen LogP contribution < -0.4 is 0 Å². The van der Waals surface area contributed by atoms with Gasteiger partial charge in [-0.25, -0.2) is 0 Å². The Bertz CT molecular complexity index is 215. The predicted molar refractivity (Wildman–Crippen MR) is 50.9 cm³/mol. The van der Waals surface area contributed by atoms with Crippen molar-refractivity contribution >= 4 is 5.78 Å². The summed E-state index contributed by atoms with van der Waals surface area (Å²) in [4.78, 5) is 10.9. The van der Waals surface area contributed by atoms with Gasteiger partial charge in [0.1, 0.15) is 0 Å². The lowest BCUT2D eigenvalue weighted by Gasteiger charge is -2.27. The third kappa shape index (κ3) is 2.33. The first-order valence-electron chi connectivity index (χ1n) is 4.49. The van der Waals surface area contributed by atoms with E-state index in [-0.39, 0.29) is 11.2 Å². The Kier molecular flexibility index (Phi) is 2.85. The Morgan fingerprint density at radius 2 is 2.50 bits per heavy atom. The molecule has 0 aromatic rings.